The Kier molecular flexibility index (Phi) is 2.80. The molecule has 4 nitrogen and oxygen atoms in total. The van der Waals surface area contributed by atoms with Crippen LogP contribution in [0, 0.1) is 6.92 Å². The van der Waals surface area contributed by atoms with Gasteiger partial charge in [0.15, 0.2) is 0 Å². The van der Waals surface area contributed by atoms with Gasteiger partial charge in [0.2, 0.25) is 0 Å². The first-order chi connectivity index (χ1) is 9.18. The third kappa shape index (κ3) is 1.90. The van der Waals surface area contributed by atoms with Gasteiger partial charge in [-0.25, -0.2) is 4.98 Å². The van der Waals surface area contributed by atoms with Crippen LogP contribution in [0.4, 0.5) is 0 Å². The summed E-state index contributed by atoms with van der Waals surface area (Å²) in [5.74, 6) is 0. The molecule has 0 aliphatic carbocycles. The largest absolute Gasteiger partial charge is 0.387 e. The van der Waals surface area contributed by atoms with Gasteiger partial charge in [-0.15, -0.1) is 0 Å². The minimum Gasteiger partial charge on any atom is -0.387 e. The van der Waals surface area contributed by atoms with Gasteiger partial charge in [0, 0.05) is 24.2 Å². The lowest BCUT2D eigenvalue weighted by molar-refractivity contribution is 0.194. The first-order valence-corrected chi connectivity index (χ1v) is 6.24. The molecule has 3 aromatic rings. The number of pyridine rings is 2. The minimum atomic E-state index is -0.583. The van der Waals surface area contributed by atoms with E-state index in [1.165, 1.54) is 0 Å². The molecule has 0 saturated carbocycles. The van der Waals surface area contributed by atoms with E-state index in [-0.39, 0.29) is 0 Å². The topological polar surface area (TPSA) is 50.4 Å². The van der Waals surface area contributed by atoms with E-state index in [2.05, 4.69) is 9.97 Å². The lowest BCUT2D eigenvalue weighted by atomic mass is 10.1. The van der Waals surface area contributed by atoms with Gasteiger partial charge < -0.3 is 9.51 Å². The van der Waals surface area contributed by atoms with Crippen molar-refractivity contribution in [2.45, 2.75) is 20.0 Å². The lowest BCUT2D eigenvalue weighted by Crippen LogP contribution is -1.99. The Morgan fingerprint density at radius 2 is 1.95 bits per heavy atom. The molecule has 0 saturated heterocycles. The summed E-state index contributed by atoms with van der Waals surface area (Å²) in [6.45, 7) is 3.78. The van der Waals surface area contributed by atoms with E-state index in [1.807, 2.05) is 41.8 Å². The standard InChI is InChI=1S/C15H15N3O/c1-10-4-3-9-18-14(11(2)19)13(17-15(10)18)12-5-7-16-8-6-12/h3-9,11,19H,1-2H3. The fraction of sp³-hybridized carbons (Fsp3) is 0.200. The van der Waals surface area contributed by atoms with Crippen LogP contribution in [0.2, 0.25) is 0 Å². The molecule has 0 spiro atoms. The van der Waals surface area contributed by atoms with Crippen molar-refractivity contribution in [3.05, 3.63) is 54.1 Å². The molecule has 96 valence electrons. The molecule has 0 aliphatic rings. The molecule has 19 heavy (non-hydrogen) atoms. The summed E-state index contributed by atoms with van der Waals surface area (Å²) in [7, 11) is 0. The van der Waals surface area contributed by atoms with Crippen molar-refractivity contribution < 1.29 is 5.11 Å². The van der Waals surface area contributed by atoms with Crippen molar-refractivity contribution >= 4 is 5.65 Å². The number of imidazole rings is 1. The maximum absolute atomic E-state index is 10.1. The highest BCUT2D eigenvalue weighted by molar-refractivity contribution is 5.68. The highest BCUT2D eigenvalue weighted by atomic mass is 16.3. The van der Waals surface area contributed by atoms with Crippen molar-refractivity contribution in [2.24, 2.45) is 0 Å². The summed E-state index contributed by atoms with van der Waals surface area (Å²) in [5, 5.41) is 10.1. The van der Waals surface area contributed by atoms with Gasteiger partial charge in [-0.1, -0.05) is 6.07 Å². The number of aliphatic hydroxyl groups is 1. The predicted octanol–water partition coefficient (Wildman–Crippen LogP) is 2.76. The molecule has 1 unspecified atom stereocenters. The highest BCUT2D eigenvalue weighted by Gasteiger charge is 2.18. The van der Waals surface area contributed by atoms with Crippen LogP contribution in [-0.2, 0) is 0 Å². The van der Waals surface area contributed by atoms with E-state index in [1.54, 1.807) is 19.3 Å². The summed E-state index contributed by atoms with van der Waals surface area (Å²) in [6, 6.07) is 7.79. The molecule has 3 rings (SSSR count). The molecule has 0 amide bonds. The molecular formula is C15H15N3O. The van der Waals surface area contributed by atoms with E-state index < -0.39 is 6.10 Å². The third-order valence-corrected chi connectivity index (χ3v) is 3.23. The second-order valence-electron chi connectivity index (χ2n) is 4.64. The zero-order chi connectivity index (χ0) is 13.4. The van der Waals surface area contributed by atoms with Gasteiger partial charge in [-0.2, -0.15) is 0 Å². The number of rotatable bonds is 2. The van der Waals surface area contributed by atoms with Gasteiger partial charge in [0.1, 0.15) is 5.65 Å². The van der Waals surface area contributed by atoms with Crippen LogP contribution in [0.5, 0.6) is 0 Å². The Balaban J connectivity index is 2.36. The number of aryl methyl sites for hydroxylation is 1. The van der Waals surface area contributed by atoms with E-state index in [4.69, 9.17) is 0 Å². The molecule has 1 atom stereocenters. The fourth-order valence-corrected chi connectivity index (χ4v) is 2.34. The van der Waals surface area contributed by atoms with E-state index in [9.17, 15) is 5.11 Å². The highest BCUT2D eigenvalue weighted by Crippen LogP contribution is 2.29. The maximum atomic E-state index is 10.1. The smallest absolute Gasteiger partial charge is 0.140 e. The van der Waals surface area contributed by atoms with E-state index in [0.717, 1.165) is 28.2 Å². The third-order valence-electron chi connectivity index (χ3n) is 3.23. The zero-order valence-electron chi connectivity index (χ0n) is 10.9. The van der Waals surface area contributed by atoms with E-state index in [0.29, 0.717) is 0 Å². The fourth-order valence-electron chi connectivity index (χ4n) is 2.34. The van der Waals surface area contributed by atoms with Crippen molar-refractivity contribution in [1.29, 1.82) is 0 Å². The number of aliphatic hydroxyl groups excluding tert-OH is 1. The lowest BCUT2D eigenvalue weighted by Gasteiger charge is -2.07. The van der Waals surface area contributed by atoms with Crippen LogP contribution in [0.3, 0.4) is 0 Å². The van der Waals surface area contributed by atoms with Gasteiger partial charge in [-0.05, 0) is 37.6 Å². The number of nitrogens with zero attached hydrogens (tertiary/aromatic N) is 3. The Morgan fingerprint density at radius 3 is 2.63 bits per heavy atom. The summed E-state index contributed by atoms with van der Waals surface area (Å²) in [4.78, 5) is 8.70. The molecule has 0 radical (unpaired) electrons. The normalized spacial score (nSPS) is 12.8. The van der Waals surface area contributed by atoms with Gasteiger partial charge >= 0.3 is 0 Å². The van der Waals surface area contributed by atoms with Crippen molar-refractivity contribution in [3.63, 3.8) is 0 Å². The van der Waals surface area contributed by atoms with Crippen molar-refractivity contribution in [2.75, 3.05) is 0 Å². The molecule has 4 heteroatoms. The van der Waals surface area contributed by atoms with Crippen LogP contribution < -0.4 is 0 Å². The zero-order valence-corrected chi connectivity index (χ0v) is 10.9. The van der Waals surface area contributed by atoms with Crippen molar-refractivity contribution in [3.8, 4) is 11.3 Å². The molecule has 0 fully saturated rings. The molecule has 3 heterocycles. The first-order valence-electron chi connectivity index (χ1n) is 6.24. The monoisotopic (exact) mass is 253 g/mol. The van der Waals surface area contributed by atoms with E-state index >= 15 is 0 Å². The Labute approximate surface area is 111 Å². The summed E-state index contributed by atoms with van der Waals surface area (Å²) in [5.41, 5.74) is 4.56. The van der Waals surface area contributed by atoms with Crippen LogP contribution in [0.25, 0.3) is 16.9 Å². The number of aromatic nitrogens is 3. The second-order valence-corrected chi connectivity index (χ2v) is 4.64. The maximum Gasteiger partial charge on any atom is 0.140 e. The number of hydrogen-bond donors (Lipinski definition) is 1. The Bertz CT molecular complexity index is 717. The summed E-state index contributed by atoms with van der Waals surface area (Å²) < 4.78 is 1.95. The average Bonchev–Trinajstić information content (AvgIpc) is 2.81. The van der Waals surface area contributed by atoms with Crippen LogP contribution in [0.15, 0.2) is 42.9 Å². The molecular weight excluding hydrogens is 238 g/mol. The molecule has 0 bridgehead atoms. The SMILES string of the molecule is Cc1cccn2c(C(C)O)c(-c3ccncc3)nc12. The molecule has 0 aromatic carbocycles. The molecule has 1 N–H and O–H groups in total. The molecule has 0 aliphatic heterocycles. The number of hydrogen-bond acceptors (Lipinski definition) is 3. The van der Waals surface area contributed by atoms with Gasteiger partial charge in [0.25, 0.3) is 0 Å². The second kappa shape index (κ2) is 4.48. The van der Waals surface area contributed by atoms with Gasteiger partial charge in [-0.3, -0.25) is 4.98 Å². The van der Waals surface area contributed by atoms with Crippen molar-refractivity contribution in [1.82, 2.24) is 14.4 Å². The quantitative estimate of drug-likeness (QED) is 0.764. The molecule has 3 aromatic heterocycles. The summed E-state index contributed by atoms with van der Waals surface area (Å²) >= 11 is 0. The van der Waals surface area contributed by atoms with Crippen LogP contribution in [0.1, 0.15) is 24.3 Å². The number of fused-ring (bicyclic) bond motifs is 1. The predicted molar refractivity (Wildman–Crippen MR) is 73.8 cm³/mol. The summed E-state index contributed by atoms with van der Waals surface area (Å²) in [6.07, 6.45) is 4.82. The van der Waals surface area contributed by atoms with Crippen LogP contribution >= 0.6 is 0 Å². The Hall–Kier alpha value is -2.20. The minimum absolute atomic E-state index is 0.583. The van der Waals surface area contributed by atoms with Crippen LogP contribution in [-0.4, -0.2) is 19.5 Å². The Morgan fingerprint density at radius 1 is 1.21 bits per heavy atom. The van der Waals surface area contributed by atoms with Gasteiger partial charge in [0.05, 0.1) is 17.5 Å². The first kappa shape index (κ1) is 11.9. The average molecular weight is 253 g/mol.